The monoisotopic (exact) mass is 403 g/mol. The van der Waals surface area contributed by atoms with E-state index in [1.807, 2.05) is 24.9 Å². The van der Waals surface area contributed by atoms with Crippen LogP contribution < -0.4 is 11.1 Å². The molecule has 0 aliphatic heterocycles. The summed E-state index contributed by atoms with van der Waals surface area (Å²) in [4.78, 5) is 22.0. The van der Waals surface area contributed by atoms with Crippen molar-refractivity contribution in [1.82, 2.24) is 9.88 Å². The fraction of sp³-hybridized carbons (Fsp3) is 0.500. The zero-order valence-corrected chi connectivity index (χ0v) is 14.7. The Balaban J connectivity index is 0.00000220. The van der Waals surface area contributed by atoms with Crippen LogP contribution in [0.25, 0.3) is 0 Å². The molecule has 0 spiro atoms. The lowest BCUT2D eigenvalue weighted by molar-refractivity contribution is -0.116. The van der Waals surface area contributed by atoms with Gasteiger partial charge in [0.1, 0.15) is 5.82 Å². The second-order valence-electron chi connectivity index (χ2n) is 5.10. The minimum atomic E-state index is -0.105. The standard InChI is InChI=1S/C14H21N5O.HI/c1-10-3-6-12(17-9-10)18-13(20)7-8-16-14(15)19(2)11-4-5-11;/h3,6,9,11H,4-5,7-8H2,1-2H3,(H2,15,16)(H,17,18,20);1H. The van der Waals surface area contributed by atoms with Crippen LogP contribution in [0.15, 0.2) is 23.3 Å². The molecule has 1 aliphatic carbocycles. The van der Waals surface area contributed by atoms with Crippen LogP contribution in [0.3, 0.4) is 0 Å². The van der Waals surface area contributed by atoms with Gasteiger partial charge in [0.25, 0.3) is 0 Å². The molecule has 1 aromatic heterocycles. The number of nitrogens with one attached hydrogen (secondary N) is 1. The first-order valence-corrected chi connectivity index (χ1v) is 6.81. The molecule has 1 aliphatic rings. The molecule has 7 heteroatoms. The van der Waals surface area contributed by atoms with E-state index in [2.05, 4.69) is 15.3 Å². The zero-order valence-electron chi connectivity index (χ0n) is 12.4. The number of hydrogen-bond acceptors (Lipinski definition) is 3. The number of aliphatic imine (C=N–C) groups is 1. The number of pyridine rings is 1. The lowest BCUT2D eigenvalue weighted by Crippen LogP contribution is -2.35. The summed E-state index contributed by atoms with van der Waals surface area (Å²) in [6.07, 6.45) is 4.36. The number of rotatable bonds is 5. The lowest BCUT2D eigenvalue weighted by atomic mass is 10.3. The molecule has 0 aromatic carbocycles. The molecule has 0 bridgehead atoms. The fourth-order valence-electron chi connectivity index (χ4n) is 1.78. The second-order valence-corrected chi connectivity index (χ2v) is 5.10. The summed E-state index contributed by atoms with van der Waals surface area (Å²) in [5.41, 5.74) is 6.90. The molecule has 3 N–H and O–H groups in total. The van der Waals surface area contributed by atoms with Crippen LogP contribution in [0.2, 0.25) is 0 Å². The molecule has 1 aromatic rings. The topological polar surface area (TPSA) is 83.6 Å². The maximum Gasteiger partial charge on any atom is 0.227 e. The van der Waals surface area contributed by atoms with Gasteiger partial charge in [0.2, 0.25) is 5.91 Å². The van der Waals surface area contributed by atoms with E-state index in [9.17, 15) is 4.79 Å². The minimum absolute atomic E-state index is 0. The summed E-state index contributed by atoms with van der Waals surface area (Å²) in [5, 5.41) is 2.73. The number of carbonyl (C=O) groups excluding carboxylic acids is 1. The largest absolute Gasteiger partial charge is 0.370 e. The van der Waals surface area contributed by atoms with E-state index in [4.69, 9.17) is 5.73 Å². The van der Waals surface area contributed by atoms with E-state index in [0.29, 0.717) is 30.8 Å². The number of aromatic nitrogens is 1. The van der Waals surface area contributed by atoms with Crippen molar-refractivity contribution in [2.24, 2.45) is 10.7 Å². The highest BCUT2D eigenvalue weighted by atomic mass is 127. The molecule has 1 fully saturated rings. The van der Waals surface area contributed by atoms with Crippen LogP contribution in [0.1, 0.15) is 24.8 Å². The van der Waals surface area contributed by atoms with Crippen molar-refractivity contribution in [3.63, 3.8) is 0 Å². The van der Waals surface area contributed by atoms with Gasteiger partial charge in [-0.3, -0.25) is 9.79 Å². The van der Waals surface area contributed by atoms with Crippen LogP contribution in [-0.4, -0.2) is 41.4 Å². The molecule has 21 heavy (non-hydrogen) atoms. The lowest BCUT2D eigenvalue weighted by Gasteiger charge is -2.16. The van der Waals surface area contributed by atoms with Crippen molar-refractivity contribution in [3.05, 3.63) is 23.9 Å². The van der Waals surface area contributed by atoms with Crippen molar-refractivity contribution < 1.29 is 4.79 Å². The van der Waals surface area contributed by atoms with Crippen molar-refractivity contribution in [2.75, 3.05) is 18.9 Å². The van der Waals surface area contributed by atoms with Gasteiger partial charge in [0.15, 0.2) is 5.96 Å². The quantitative estimate of drug-likeness (QED) is 0.446. The molecule has 0 saturated heterocycles. The Morgan fingerprint density at radius 3 is 2.81 bits per heavy atom. The summed E-state index contributed by atoms with van der Waals surface area (Å²) in [7, 11) is 1.94. The van der Waals surface area contributed by atoms with Gasteiger partial charge in [-0.05, 0) is 31.4 Å². The molecule has 0 radical (unpaired) electrons. The minimum Gasteiger partial charge on any atom is -0.370 e. The van der Waals surface area contributed by atoms with E-state index in [-0.39, 0.29) is 29.9 Å². The summed E-state index contributed by atoms with van der Waals surface area (Å²) in [5.74, 6) is 0.966. The molecule has 1 heterocycles. The molecule has 1 amide bonds. The summed E-state index contributed by atoms with van der Waals surface area (Å²) in [6, 6.07) is 4.22. The Hall–Kier alpha value is -1.38. The van der Waals surface area contributed by atoms with Crippen molar-refractivity contribution in [3.8, 4) is 0 Å². The normalized spacial score (nSPS) is 14.3. The average molecular weight is 403 g/mol. The van der Waals surface area contributed by atoms with Crippen molar-refractivity contribution in [2.45, 2.75) is 32.2 Å². The summed E-state index contributed by atoms with van der Waals surface area (Å²) < 4.78 is 0. The van der Waals surface area contributed by atoms with Gasteiger partial charge in [-0.25, -0.2) is 4.98 Å². The number of halogens is 1. The number of nitrogens with zero attached hydrogens (tertiary/aromatic N) is 3. The number of hydrogen-bond donors (Lipinski definition) is 2. The molecule has 1 saturated carbocycles. The molecule has 0 atom stereocenters. The molecule has 6 nitrogen and oxygen atoms in total. The smallest absolute Gasteiger partial charge is 0.227 e. The van der Waals surface area contributed by atoms with E-state index in [1.165, 1.54) is 12.8 Å². The maximum absolute atomic E-state index is 11.7. The van der Waals surface area contributed by atoms with Gasteiger partial charge in [-0.2, -0.15) is 0 Å². The Morgan fingerprint density at radius 2 is 2.24 bits per heavy atom. The van der Waals surface area contributed by atoms with E-state index >= 15 is 0 Å². The Bertz CT molecular complexity index is 499. The fourth-order valence-corrected chi connectivity index (χ4v) is 1.78. The van der Waals surface area contributed by atoms with Gasteiger partial charge in [-0.15, -0.1) is 24.0 Å². The van der Waals surface area contributed by atoms with E-state index < -0.39 is 0 Å². The van der Waals surface area contributed by atoms with Crippen LogP contribution in [0.4, 0.5) is 5.82 Å². The van der Waals surface area contributed by atoms with E-state index in [1.54, 1.807) is 12.3 Å². The summed E-state index contributed by atoms with van der Waals surface area (Å²) in [6.45, 7) is 2.34. The van der Waals surface area contributed by atoms with Crippen molar-refractivity contribution >= 4 is 41.7 Å². The van der Waals surface area contributed by atoms with Gasteiger partial charge in [0, 0.05) is 25.7 Å². The second kappa shape index (κ2) is 8.16. The third-order valence-corrected chi connectivity index (χ3v) is 3.25. The number of nitrogens with two attached hydrogens (primary N) is 1. The Labute approximate surface area is 142 Å². The number of carbonyl (C=O) groups is 1. The number of anilines is 1. The zero-order chi connectivity index (χ0) is 14.5. The van der Waals surface area contributed by atoms with Crippen LogP contribution in [-0.2, 0) is 4.79 Å². The molecule has 116 valence electrons. The molecular weight excluding hydrogens is 381 g/mol. The third kappa shape index (κ3) is 5.86. The average Bonchev–Trinajstić information content (AvgIpc) is 3.25. The first-order valence-electron chi connectivity index (χ1n) is 6.81. The van der Waals surface area contributed by atoms with Gasteiger partial charge in [0.05, 0.1) is 6.54 Å². The predicted molar refractivity (Wildman–Crippen MR) is 94.9 cm³/mol. The Kier molecular flexibility index (Phi) is 6.86. The van der Waals surface area contributed by atoms with Gasteiger partial charge >= 0.3 is 0 Å². The highest BCUT2D eigenvalue weighted by Gasteiger charge is 2.27. The van der Waals surface area contributed by atoms with Gasteiger partial charge in [-0.1, -0.05) is 6.07 Å². The molecule has 2 rings (SSSR count). The number of amides is 1. The molecular formula is C14H22IN5O. The van der Waals surface area contributed by atoms with Crippen molar-refractivity contribution in [1.29, 1.82) is 0 Å². The van der Waals surface area contributed by atoms with Gasteiger partial charge < -0.3 is 16.0 Å². The highest BCUT2D eigenvalue weighted by Crippen LogP contribution is 2.24. The highest BCUT2D eigenvalue weighted by molar-refractivity contribution is 14.0. The number of guanidine groups is 1. The third-order valence-electron chi connectivity index (χ3n) is 3.25. The van der Waals surface area contributed by atoms with Crippen LogP contribution in [0, 0.1) is 6.92 Å². The number of aryl methyl sites for hydroxylation is 1. The predicted octanol–water partition coefficient (Wildman–Crippen LogP) is 1.75. The van der Waals surface area contributed by atoms with Crippen LogP contribution in [0.5, 0.6) is 0 Å². The van der Waals surface area contributed by atoms with Crippen LogP contribution >= 0.6 is 24.0 Å². The first kappa shape index (κ1) is 17.7. The summed E-state index contributed by atoms with van der Waals surface area (Å²) >= 11 is 0. The maximum atomic E-state index is 11.7. The SMILES string of the molecule is Cc1ccc(NC(=O)CCN=C(N)N(C)C2CC2)nc1.I. The van der Waals surface area contributed by atoms with E-state index in [0.717, 1.165) is 5.56 Å². The first-order chi connectivity index (χ1) is 9.56. The Morgan fingerprint density at radius 1 is 1.52 bits per heavy atom. The molecule has 0 unspecified atom stereocenters.